The molecule has 0 spiro atoms. The Kier molecular flexibility index (Phi) is 4.16. The molecule has 0 aromatic heterocycles. The smallest absolute Gasteiger partial charge is 0.303 e. The lowest BCUT2D eigenvalue weighted by molar-refractivity contribution is -0.122. The second-order valence-electron chi connectivity index (χ2n) is 4.53. The van der Waals surface area contributed by atoms with Gasteiger partial charge in [0.15, 0.2) is 0 Å². The van der Waals surface area contributed by atoms with Crippen LogP contribution in [0.3, 0.4) is 0 Å². The zero-order valence-corrected chi connectivity index (χ0v) is 11.2. The number of benzene rings is 1. The van der Waals surface area contributed by atoms with Crippen LogP contribution in [0.15, 0.2) is 30.0 Å². The number of nitrogens with one attached hydrogen (secondary N) is 1. The second kappa shape index (κ2) is 6.02. The minimum atomic E-state index is -0.372. The number of urea groups is 1. The lowest BCUT2D eigenvalue weighted by Gasteiger charge is -2.09. The van der Waals surface area contributed by atoms with E-state index in [1.807, 2.05) is 13.0 Å². The van der Waals surface area contributed by atoms with Crippen LogP contribution in [0.4, 0.5) is 4.79 Å². The van der Waals surface area contributed by atoms with Gasteiger partial charge in [-0.05, 0) is 30.2 Å². The Hall–Kier alpha value is -2.61. The van der Waals surface area contributed by atoms with E-state index in [9.17, 15) is 9.59 Å². The number of nitrogens with zero attached hydrogens (tertiary/aromatic N) is 2. The summed E-state index contributed by atoms with van der Waals surface area (Å²) in [6.07, 6.45) is 3.34. The maximum atomic E-state index is 12.1. The monoisotopic (exact) mass is 269 g/mol. The average Bonchev–Trinajstić information content (AvgIpc) is 2.72. The first-order valence-corrected chi connectivity index (χ1v) is 6.50. The number of carbonyl (C=O) groups excluding carboxylic acids is 2. The van der Waals surface area contributed by atoms with Crippen molar-refractivity contribution in [1.82, 2.24) is 10.2 Å². The van der Waals surface area contributed by atoms with Gasteiger partial charge in [0.2, 0.25) is 0 Å². The molecule has 5 heteroatoms. The molecule has 1 N–H and O–H groups in total. The van der Waals surface area contributed by atoms with Crippen molar-refractivity contribution in [3.05, 3.63) is 41.1 Å². The summed E-state index contributed by atoms with van der Waals surface area (Å²) in [5.41, 5.74) is 1.60. The van der Waals surface area contributed by atoms with E-state index in [0.717, 1.165) is 18.4 Å². The number of hydrogen-bond donors (Lipinski definition) is 1. The minimum absolute atomic E-state index is 0.274. The van der Waals surface area contributed by atoms with Crippen LogP contribution in [0.2, 0.25) is 0 Å². The molecular formula is C15H15N3O2. The first-order chi connectivity index (χ1) is 9.65. The average molecular weight is 269 g/mol. The number of carbonyl (C=O) groups is 2. The van der Waals surface area contributed by atoms with Crippen LogP contribution in [-0.2, 0) is 4.79 Å². The molecule has 0 aliphatic carbocycles. The van der Waals surface area contributed by atoms with Crippen LogP contribution in [0.1, 0.15) is 30.9 Å². The van der Waals surface area contributed by atoms with E-state index in [-0.39, 0.29) is 17.6 Å². The van der Waals surface area contributed by atoms with E-state index in [1.54, 1.807) is 30.3 Å². The number of imide groups is 1. The second-order valence-corrected chi connectivity index (χ2v) is 4.53. The van der Waals surface area contributed by atoms with Crippen molar-refractivity contribution in [2.45, 2.75) is 19.8 Å². The van der Waals surface area contributed by atoms with Gasteiger partial charge in [-0.2, -0.15) is 5.26 Å². The Balaban J connectivity index is 2.16. The Morgan fingerprint density at radius 1 is 1.30 bits per heavy atom. The molecule has 3 amide bonds. The van der Waals surface area contributed by atoms with Crippen molar-refractivity contribution < 1.29 is 9.59 Å². The molecule has 1 aromatic carbocycles. The summed E-state index contributed by atoms with van der Waals surface area (Å²) in [4.78, 5) is 25.0. The van der Waals surface area contributed by atoms with Crippen LogP contribution in [0.5, 0.6) is 0 Å². The topological polar surface area (TPSA) is 73.2 Å². The highest BCUT2D eigenvalue weighted by Crippen LogP contribution is 2.15. The highest BCUT2D eigenvalue weighted by Gasteiger charge is 2.32. The van der Waals surface area contributed by atoms with Gasteiger partial charge in [0.1, 0.15) is 5.70 Å². The summed E-state index contributed by atoms with van der Waals surface area (Å²) in [5, 5.41) is 11.3. The fourth-order valence-corrected chi connectivity index (χ4v) is 1.91. The van der Waals surface area contributed by atoms with Crippen LogP contribution in [0, 0.1) is 11.3 Å². The van der Waals surface area contributed by atoms with E-state index < -0.39 is 0 Å². The van der Waals surface area contributed by atoms with Crippen LogP contribution in [-0.4, -0.2) is 23.4 Å². The van der Waals surface area contributed by atoms with Crippen LogP contribution >= 0.6 is 0 Å². The lowest BCUT2D eigenvalue weighted by Crippen LogP contribution is -2.31. The molecule has 20 heavy (non-hydrogen) atoms. The highest BCUT2D eigenvalue weighted by atomic mass is 16.2. The number of unbranched alkanes of at least 4 members (excludes halogenated alkanes) is 1. The fraction of sp³-hybridized carbons (Fsp3) is 0.267. The highest BCUT2D eigenvalue weighted by molar-refractivity contribution is 6.13. The molecule has 5 nitrogen and oxygen atoms in total. The summed E-state index contributed by atoms with van der Waals surface area (Å²) >= 11 is 0. The molecule has 1 aliphatic heterocycles. The molecule has 0 bridgehead atoms. The molecule has 0 radical (unpaired) electrons. The lowest BCUT2D eigenvalue weighted by atomic mass is 10.1. The van der Waals surface area contributed by atoms with Gasteiger partial charge in [-0.3, -0.25) is 9.69 Å². The van der Waals surface area contributed by atoms with Gasteiger partial charge in [0.05, 0.1) is 11.6 Å². The van der Waals surface area contributed by atoms with Gasteiger partial charge in [-0.1, -0.05) is 25.5 Å². The molecule has 0 unspecified atom stereocenters. The molecule has 1 aliphatic rings. The standard InChI is InChI=1S/C15H15N3O2/c1-2-3-8-18-14(19)13(17-15(18)20)9-11-4-6-12(10-16)7-5-11/h4-7,9H,2-3,8H2,1H3,(H,17,20). The predicted molar refractivity (Wildman–Crippen MR) is 74.3 cm³/mol. The molecule has 0 saturated carbocycles. The van der Waals surface area contributed by atoms with Crippen molar-refractivity contribution >= 4 is 18.0 Å². The van der Waals surface area contributed by atoms with Crippen molar-refractivity contribution in [3.63, 3.8) is 0 Å². The molecule has 0 atom stereocenters. The first-order valence-electron chi connectivity index (χ1n) is 6.50. The molecule has 1 aromatic rings. The molecule has 102 valence electrons. The summed E-state index contributed by atoms with van der Waals surface area (Å²) < 4.78 is 0. The Morgan fingerprint density at radius 3 is 2.60 bits per heavy atom. The van der Waals surface area contributed by atoms with Gasteiger partial charge in [0, 0.05) is 6.54 Å². The van der Waals surface area contributed by atoms with Gasteiger partial charge in [-0.25, -0.2) is 4.79 Å². The summed E-state index contributed by atoms with van der Waals surface area (Å²) in [6.45, 7) is 2.44. The van der Waals surface area contributed by atoms with Crippen molar-refractivity contribution in [2.24, 2.45) is 0 Å². The van der Waals surface area contributed by atoms with Crippen molar-refractivity contribution in [2.75, 3.05) is 6.54 Å². The molecule has 1 heterocycles. The van der Waals surface area contributed by atoms with E-state index in [2.05, 4.69) is 5.32 Å². The summed E-state index contributed by atoms with van der Waals surface area (Å²) in [7, 11) is 0. The third-order valence-corrected chi connectivity index (χ3v) is 3.05. The molecule has 2 rings (SSSR count). The predicted octanol–water partition coefficient (Wildman–Crippen LogP) is 2.25. The largest absolute Gasteiger partial charge is 0.329 e. The van der Waals surface area contributed by atoms with Gasteiger partial charge >= 0.3 is 6.03 Å². The van der Waals surface area contributed by atoms with Crippen LogP contribution < -0.4 is 5.32 Å². The van der Waals surface area contributed by atoms with Gasteiger partial charge in [0.25, 0.3) is 5.91 Å². The van der Waals surface area contributed by atoms with Gasteiger partial charge < -0.3 is 5.32 Å². The van der Waals surface area contributed by atoms with E-state index >= 15 is 0 Å². The third kappa shape index (κ3) is 2.86. The zero-order valence-electron chi connectivity index (χ0n) is 11.2. The van der Waals surface area contributed by atoms with E-state index in [4.69, 9.17) is 5.26 Å². The van der Waals surface area contributed by atoms with E-state index in [1.165, 1.54) is 4.90 Å². The quantitative estimate of drug-likeness (QED) is 0.673. The maximum Gasteiger partial charge on any atom is 0.329 e. The molecule has 1 fully saturated rings. The SMILES string of the molecule is CCCCN1C(=O)NC(=Cc2ccc(C#N)cc2)C1=O. The maximum absolute atomic E-state index is 12.1. The Labute approximate surface area is 117 Å². The third-order valence-electron chi connectivity index (χ3n) is 3.05. The van der Waals surface area contributed by atoms with Gasteiger partial charge in [-0.15, -0.1) is 0 Å². The number of nitriles is 1. The van der Waals surface area contributed by atoms with E-state index in [0.29, 0.717) is 12.1 Å². The normalized spacial score (nSPS) is 16.4. The number of rotatable bonds is 4. The minimum Gasteiger partial charge on any atom is -0.303 e. The summed E-state index contributed by atoms with van der Waals surface area (Å²) in [6, 6.07) is 8.47. The Bertz CT molecular complexity index is 597. The fourth-order valence-electron chi connectivity index (χ4n) is 1.91. The first kappa shape index (κ1) is 13.8. The van der Waals surface area contributed by atoms with Crippen molar-refractivity contribution in [1.29, 1.82) is 5.26 Å². The van der Waals surface area contributed by atoms with Crippen LogP contribution in [0.25, 0.3) is 6.08 Å². The molecule has 1 saturated heterocycles. The van der Waals surface area contributed by atoms with Crippen molar-refractivity contribution in [3.8, 4) is 6.07 Å². The Morgan fingerprint density at radius 2 is 2.00 bits per heavy atom. The molecular weight excluding hydrogens is 254 g/mol. The number of amides is 3. The zero-order chi connectivity index (χ0) is 14.5. The number of hydrogen-bond acceptors (Lipinski definition) is 3. The summed E-state index contributed by atoms with van der Waals surface area (Å²) in [5.74, 6) is -0.298.